The third-order valence-corrected chi connectivity index (χ3v) is 6.30. The van der Waals surface area contributed by atoms with Gasteiger partial charge in [0.15, 0.2) is 0 Å². The van der Waals surface area contributed by atoms with Gasteiger partial charge >= 0.3 is 0 Å². The number of hydrogen-bond acceptors (Lipinski definition) is 3. The Hall–Kier alpha value is -0.780. The predicted molar refractivity (Wildman–Crippen MR) is 70.9 cm³/mol. The molecular weight excluding hydrogens is 272 g/mol. The molecule has 1 aromatic carbocycles. The third-order valence-electron chi connectivity index (χ3n) is 3.90. The molecule has 3 rings (SSSR count). The van der Waals surface area contributed by atoms with Crippen LogP contribution in [0.4, 0.5) is 5.69 Å². The lowest BCUT2D eigenvalue weighted by Gasteiger charge is -2.26. The lowest BCUT2D eigenvalue weighted by Crippen LogP contribution is -2.37. The Morgan fingerprint density at radius 1 is 1.33 bits per heavy atom. The highest BCUT2D eigenvalue weighted by molar-refractivity contribution is 7.89. The number of nitrogens with two attached hydrogens (primary N) is 1. The number of sulfonamides is 1. The van der Waals surface area contributed by atoms with Crippen molar-refractivity contribution in [2.75, 3.05) is 12.3 Å². The topological polar surface area (TPSA) is 63.4 Å². The zero-order valence-corrected chi connectivity index (χ0v) is 11.4. The van der Waals surface area contributed by atoms with Gasteiger partial charge in [-0.3, -0.25) is 0 Å². The Labute approximate surface area is 112 Å². The van der Waals surface area contributed by atoms with Gasteiger partial charge in [-0.15, -0.1) is 0 Å². The molecule has 1 heterocycles. The third kappa shape index (κ3) is 1.81. The first-order valence-electron chi connectivity index (χ1n) is 6.05. The van der Waals surface area contributed by atoms with Crippen molar-refractivity contribution >= 4 is 27.3 Å². The summed E-state index contributed by atoms with van der Waals surface area (Å²) in [6.07, 6.45) is 3.09. The van der Waals surface area contributed by atoms with Gasteiger partial charge in [-0.05, 0) is 43.4 Å². The van der Waals surface area contributed by atoms with E-state index >= 15 is 0 Å². The monoisotopic (exact) mass is 286 g/mol. The first-order valence-corrected chi connectivity index (χ1v) is 7.87. The van der Waals surface area contributed by atoms with Crippen LogP contribution in [0.25, 0.3) is 0 Å². The van der Waals surface area contributed by atoms with E-state index in [1.54, 1.807) is 10.4 Å². The van der Waals surface area contributed by atoms with Crippen LogP contribution < -0.4 is 5.73 Å². The molecule has 1 saturated heterocycles. The molecule has 2 aliphatic rings. The van der Waals surface area contributed by atoms with Gasteiger partial charge < -0.3 is 5.73 Å². The van der Waals surface area contributed by atoms with Crippen LogP contribution in [-0.4, -0.2) is 25.3 Å². The second kappa shape index (κ2) is 4.11. The number of rotatable bonds is 2. The molecule has 0 amide bonds. The summed E-state index contributed by atoms with van der Waals surface area (Å²) in [6, 6.07) is 4.75. The number of fused-ring (bicyclic) bond motifs is 2. The van der Waals surface area contributed by atoms with Crippen molar-refractivity contribution in [2.45, 2.75) is 30.2 Å². The van der Waals surface area contributed by atoms with E-state index in [0.29, 0.717) is 18.2 Å². The van der Waals surface area contributed by atoms with E-state index in [2.05, 4.69) is 0 Å². The Balaban J connectivity index is 2.02. The molecule has 98 valence electrons. The van der Waals surface area contributed by atoms with Crippen molar-refractivity contribution in [3.63, 3.8) is 0 Å². The van der Waals surface area contributed by atoms with Gasteiger partial charge in [0.1, 0.15) is 4.90 Å². The van der Waals surface area contributed by atoms with Gasteiger partial charge in [-0.25, -0.2) is 8.42 Å². The predicted octanol–water partition coefficient (Wildman–Crippen LogP) is 2.10. The SMILES string of the molecule is Nc1ccc(Cl)c(S(=O)(=O)N2CC3CCC2C3)c1. The largest absolute Gasteiger partial charge is 0.399 e. The van der Waals surface area contributed by atoms with Gasteiger partial charge in [-0.2, -0.15) is 4.31 Å². The Bertz CT molecular complexity index is 588. The van der Waals surface area contributed by atoms with E-state index in [4.69, 9.17) is 17.3 Å². The fourth-order valence-electron chi connectivity index (χ4n) is 3.02. The molecule has 2 bridgehead atoms. The smallest absolute Gasteiger partial charge is 0.244 e. The van der Waals surface area contributed by atoms with Crippen molar-refractivity contribution in [3.8, 4) is 0 Å². The molecule has 2 atom stereocenters. The van der Waals surface area contributed by atoms with E-state index in [9.17, 15) is 8.42 Å². The van der Waals surface area contributed by atoms with Gasteiger partial charge in [0.25, 0.3) is 0 Å². The van der Waals surface area contributed by atoms with Crippen molar-refractivity contribution in [2.24, 2.45) is 5.92 Å². The van der Waals surface area contributed by atoms with E-state index in [1.807, 2.05) is 0 Å². The van der Waals surface area contributed by atoms with Crippen LogP contribution in [0.5, 0.6) is 0 Å². The molecule has 2 N–H and O–H groups in total. The number of anilines is 1. The second-order valence-corrected chi connectivity index (χ2v) is 7.36. The summed E-state index contributed by atoms with van der Waals surface area (Å²) in [6.45, 7) is 0.623. The zero-order chi connectivity index (χ0) is 12.9. The standard InChI is InChI=1S/C12H15ClN2O2S/c13-11-4-2-9(14)6-12(11)18(16,17)15-7-8-1-3-10(15)5-8/h2,4,6,8,10H,1,3,5,7,14H2. The molecule has 1 aliphatic carbocycles. The molecule has 2 unspecified atom stereocenters. The average molecular weight is 287 g/mol. The molecular formula is C12H15ClN2O2S. The van der Waals surface area contributed by atoms with Crippen molar-refractivity contribution in [3.05, 3.63) is 23.2 Å². The summed E-state index contributed by atoms with van der Waals surface area (Å²) in [5.41, 5.74) is 6.08. The van der Waals surface area contributed by atoms with Crippen LogP contribution in [0.3, 0.4) is 0 Å². The number of piperidine rings is 1. The fraction of sp³-hybridized carbons (Fsp3) is 0.500. The van der Waals surface area contributed by atoms with Crippen LogP contribution in [0.1, 0.15) is 19.3 Å². The van der Waals surface area contributed by atoms with E-state index in [1.165, 1.54) is 12.1 Å². The van der Waals surface area contributed by atoms with Crippen molar-refractivity contribution in [1.29, 1.82) is 0 Å². The highest BCUT2D eigenvalue weighted by Crippen LogP contribution is 2.41. The Morgan fingerprint density at radius 3 is 2.72 bits per heavy atom. The maximum absolute atomic E-state index is 12.6. The quantitative estimate of drug-likeness (QED) is 0.847. The lowest BCUT2D eigenvalue weighted by atomic mass is 10.1. The molecule has 0 radical (unpaired) electrons. The Morgan fingerprint density at radius 2 is 2.11 bits per heavy atom. The maximum atomic E-state index is 12.6. The highest BCUT2D eigenvalue weighted by atomic mass is 35.5. The highest BCUT2D eigenvalue weighted by Gasteiger charge is 2.44. The van der Waals surface area contributed by atoms with Crippen LogP contribution >= 0.6 is 11.6 Å². The van der Waals surface area contributed by atoms with Crippen LogP contribution in [0.2, 0.25) is 5.02 Å². The van der Waals surface area contributed by atoms with E-state index in [-0.39, 0.29) is 16.0 Å². The molecule has 1 aromatic rings. The molecule has 18 heavy (non-hydrogen) atoms. The molecule has 4 nitrogen and oxygen atoms in total. The molecule has 1 aliphatic heterocycles. The lowest BCUT2D eigenvalue weighted by molar-refractivity contribution is 0.333. The number of halogens is 1. The normalized spacial score (nSPS) is 27.8. The second-order valence-electron chi connectivity index (χ2n) is 5.10. The first kappa shape index (κ1) is 12.3. The maximum Gasteiger partial charge on any atom is 0.244 e. The molecule has 2 fully saturated rings. The van der Waals surface area contributed by atoms with Crippen molar-refractivity contribution < 1.29 is 8.42 Å². The van der Waals surface area contributed by atoms with E-state index in [0.717, 1.165) is 19.3 Å². The van der Waals surface area contributed by atoms with Gasteiger partial charge in [0, 0.05) is 18.3 Å². The minimum atomic E-state index is -3.50. The van der Waals surface area contributed by atoms with Gasteiger partial charge in [0.05, 0.1) is 5.02 Å². The first-order chi connectivity index (χ1) is 8.48. The molecule has 0 spiro atoms. The number of nitrogens with zero attached hydrogens (tertiary/aromatic N) is 1. The zero-order valence-electron chi connectivity index (χ0n) is 9.84. The minimum absolute atomic E-state index is 0.136. The summed E-state index contributed by atoms with van der Waals surface area (Å²) < 4.78 is 26.8. The summed E-state index contributed by atoms with van der Waals surface area (Å²) in [4.78, 5) is 0.136. The minimum Gasteiger partial charge on any atom is -0.399 e. The summed E-state index contributed by atoms with van der Waals surface area (Å²) in [7, 11) is -3.50. The summed E-state index contributed by atoms with van der Waals surface area (Å²) in [5, 5.41) is 0.243. The van der Waals surface area contributed by atoms with Crippen molar-refractivity contribution in [1.82, 2.24) is 4.31 Å². The fourth-order valence-corrected chi connectivity index (χ4v) is 5.27. The molecule has 1 saturated carbocycles. The van der Waals surface area contributed by atoms with Crippen LogP contribution in [-0.2, 0) is 10.0 Å². The average Bonchev–Trinajstić information content (AvgIpc) is 2.94. The summed E-state index contributed by atoms with van der Waals surface area (Å²) >= 11 is 6.00. The number of hydrogen-bond donors (Lipinski definition) is 1. The molecule has 6 heteroatoms. The Kier molecular flexibility index (Phi) is 2.80. The number of nitrogen functional groups attached to an aromatic ring is 1. The van der Waals surface area contributed by atoms with Crippen LogP contribution in [0, 0.1) is 5.92 Å². The van der Waals surface area contributed by atoms with Gasteiger partial charge in [0.2, 0.25) is 10.0 Å². The van der Waals surface area contributed by atoms with Gasteiger partial charge in [-0.1, -0.05) is 11.6 Å². The number of benzene rings is 1. The molecule has 0 aromatic heterocycles. The van der Waals surface area contributed by atoms with E-state index < -0.39 is 10.0 Å². The van der Waals surface area contributed by atoms with Crippen LogP contribution in [0.15, 0.2) is 23.1 Å². The summed E-state index contributed by atoms with van der Waals surface area (Å²) in [5.74, 6) is 0.518.